The van der Waals surface area contributed by atoms with Crippen LogP contribution < -0.4 is 0 Å². The first-order valence-corrected chi connectivity index (χ1v) is 3.62. The van der Waals surface area contributed by atoms with E-state index in [1.54, 1.807) is 0 Å². The topological polar surface area (TPSA) is 37.3 Å². The highest BCUT2D eigenvalue weighted by Crippen LogP contribution is 2.35. The van der Waals surface area contributed by atoms with Crippen LogP contribution in [0.1, 0.15) is 25.7 Å². The zero-order valence-electron chi connectivity index (χ0n) is 6.43. The van der Waals surface area contributed by atoms with E-state index in [-0.39, 0.29) is 38.1 Å². The number of aliphatic carboxylic acids is 1. The Morgan fingerprint density at radius 2 is 1.75 bits per heavy atom. The Balaban J connectivity index is 0.00000121. The van der Waals surface area contributed by atoms with Gasteiger partial charge in [-0.05, 0) is 12.8 Å². The van der Waals surface area contributed by atoms with Crippen LogP contribution in [0.15, 0.2) is 0 Å². The molecule has 0 aromatic carbocycles. The van der Waals surface area contributed by atoms with E-state index in [0.717, 1.165) is 0 Å². The molecule has 1 rings (SSSR count). The van der Waals surface area contributed by atoms with Crippen LogP contribution in [-0.2, 0) is 4.79 Å². The van der Waals surface area contributed by atoms with Crippen LogP contribution in [0.25, 0.3) is 0 Å². The molecule has 72 valence electrons. The quantitative estimate of drug-likeness (QED) is 0.705. The summed E-state index contributed by atoms with van der Waals surface area (Å²) in [5, 5.41) is 8.46. The van der Waals surface area contributed by atoms with Crippen molar-refractivity contribution in [2.45, 2.75) is 31.6 Å². The minimum absolute atomic E-state index is 0. The van der Waals surface area contributed by atoms with Crippen LogP contribution in [-0.4, -0.2) is 17.0 Å². The molecule has 1 aliphatic carbocycles. The van der Waals surface area contributed by atoms with Crippen molar-refractivity contribution in [3.63, 3.8) is 0 Å². The number of carboxylic acid groups (broad SMARTS) is 1. The SMILES string of the molecule is Cl.O=C(O)C1CCC(F)(F)CC1. The molecule has 0 aliphatic heterocycles. The van der Waals surface area contributed by atoms with E-state index >= 15 is 0 Å². The molecule has 0 saturated heterocycles. The molecule has 1 fully saturated rings. The van der Waals surface area contributed by atoms with Gasteiger partial charge in [0.2, 0.25) is 5.92 Å². The third-order valence-corrected chi connectivity index (χ3v) is 2.07. The molecule has 1 N–H and O–H groups in total. The summed E-state index contributed by atoms with van der Waals surface area (Å²) in [6.07, 6.45) is -0.321. The van der Waals surface area contributed by atoms with Gasteiger partial charge in [0.05, 0.1) is 5.92 Å². The van der Waals surface area contributed by atoms with Gasteiger partial charge >= 0.3 is 5.97 Å². The van der Waals surface area contributed by atoms with E-state index in [0.29, 0.717) is 0 Å². The first-order valence-electron chi connectivity index (χ1n) is 3.62. The Hall–Kier alpha value is -0.380. The maximum absolute atomic E-state index is 12.4. The van der Waals surface area contributed by atoms with E-state index < -0.39 is 17.8 Å². The molecule has 1 saturated carbocycles. The van der Waals surface area contributed by atoms with E-state index in [1.807, 2.05) is 0 Å². The van der Waals surface area contributed by atoms with E-state index in [9.17, 15) is 13.6 Å². The Labute approximate surface area is 75.4 Å². The van der Waals surface area contributed by atoms with Gasteiger partial charge < -0.3 is 5.11 Å². The lowest BCUT2D eigenvalue weighted by molar-refractivity contribution is -0.145. The number of carbonyl (C=O) groups is 1. The van der Waals surface area contributed by atoms with E-state index in [4.69, 9.17) is 5.11 Å². The summed E-state index contributed by atoms with van der Waals surface area (Å²) in [6, 6.07) is 0. The number of carboxylic acids is 1. The van der Waals surface area contributed by atoms with Gasteiger partial charge in [-0.25, -0.2) is 8.78 Å². The van der Waals surface area contributed by atoms with Gasteiger partial charge in [0.25, 0.3) is 0 Å². The standard InChI is InChI=1S/C7H10F2O2.ClH/c8-7(9)3-1-5(2-4-7)6(10)11;/h5H,1-4H2,(H,10,11);1H. The van der Waals surface area contributed by atoms with Gasteiger partial charge in [0.1, 0.15) is 0 Å². The summed E-state index contributed by atoms with van der Waals surface area (Å²) in [5.74, 6) is -4.11. The fraction of sp³-hybridized carbons (Fsp3) is 0.857. The molecule has 0 amide bonds. The van der Waals surface area contributed by atoms with Crippen LogP contribution in [0.3, 0.4) is 0 Å². The Bertz CT molecular complexity index is 163. The average molecular weight is 201 g/mol. The molecule has 0 bridgehead atoms. The van der Waals surface area contributed by atoms with Gasteiger partial charge in [-0.15, -0.1) is 12.4 Å². The predicted molar refractivity (Wildman–Crippen MR) is 41.8 cm³/mol. The molecule has 0 aromatic rings. The lowest BCUT2D eigenvalue weighted by Crippen LogP contribution is -2.28. The second kappa shape index (κ2) is 4.03. The fourth-order valence-electron chi connectivity index (χ4n) is 1.29. The van der Waals surface area contributed by atoms with Crippen molar-refractivity contribution in [1.29, 1.82) is 0 Å². The lowest BCUT2D eigenvalue weighted by Gasteiger charge is -2.25. The van der Waals surface area contributed by atoms with Crippen LogP contribution in [0.5, 0.6) is 0 Å². The summed E-state index contributed by atoms with van der Waals surface area (Å²) >= 11 is 0. The van der Waals surface area contributed by atoms with Crippen molar-refractivity contribution < 1.29 is 18.7 Å². The molecule has 2 nitrogen and oxygen atoms in total. The first-order chi connectivity index (χ1) is 5.01. The van der Waals surface area contributed by atoms with Crippen molar-refractivity contribution in [2.24, 2.45) is 5.92 Å². The van der Waals surface area contributed by atoms with Crippen molar-refractivity contribution in [3.05, 3.63) is 0 Å². The molecule has 1 aliphatic rings. The maximum Gasteiger partial charge on any atom is 0.306 e. The van der Waals surface area contributed by atoms with Crippen LogP contribution in [0, 0.1) is 5.92 Å². The number of hydrogen-bond donors (Lipinski definition) is 1. The lowest BCUT2D eigenvalue weighted by atomic mass is 9.87. The number of rotatable bonds is 1. The third kappa shape index (κ3) is 2.93. The Morgan fingerprint density at radius 1 is 1.33 bits per heavy atom. The van der Waals surface area contributed by atoms with Crippen molar-refractivity contribution >= 4 is 18.4 Å². The first kappa shape index (κ1) is 11.6. The highest BCUT2D eigenvalue weighted by Gasteiger charge is 2.37. The highest BCUT2D eigenvalue weighted by molar-refractivity contribution is 5.85. The van der Waals surface area contributed by atoms with Gasteiger partial charge in [0.15, 0.2) is 0 Å². The van der Waals surface area contributed by atoms with Gasteiger partial charge in [-0.2, -0.15) is 0 Å². The normalized spacial score (nSPS) is 22.8. The van der Waals surface area contributed by atoms with Crippen molar-refractivity contribution in [3.8, 4) is 0 Å². The van der Waals surface area contributed by atoms with Gasteiger partial charge in [-0.1, -0.05) is 0 Å². The van der Waals surface area contributed by atoms with Crippen molar-refractivity contribution in [2.75, 3.05) is 0 Å². The summed E-state index contributed by atoms with van der Waals surface area (Å²) in [7, 11) is 0. The number of hydrogen-bond acceptors (Lipinski definition) is 1. The molecule has 12 heavy (non-hydrogen) atoms. The molecular formula is C7H11ClF2O2. The average Bonchev–Trinajstić information content (AvgIpc) is 1.86. The molecular weight excluding hydrogens is 190 g/mol. The van der Waals surface area contributed by atoms with Crippen LogP contribution in [0.4, 0.5) is 8.78 Å². The minimum Gasteiger partial charge on any atom is -0.481 e. The third-order valence-electron chi connectivity index (χ3n) is 2.07. The predicted octanol–water partition coefficient (Wildman–Crippen LogP) is 2.32. The zero-order chi connectivity index (χ0) is 8.48. The monoisotopic (exact) mass is 200 g/mol. The molecule has 5 heteroatoms. The van der Waals surface area contributed by atoms with Crippen LogP contribution >= 0.6 is 12.4 Å². The van der Waals surface area contributed by atoms with Crippen LogP contribution in [0.2, 0.25) is 0 Å². The summed E-state index contributed by atoms with van der Waals surface area (Å²) < 4.78 is 24.9. The fourth-order valence-corrected chi connectivity index (χ4v) is 1.29. The summed E-state index contributed by atoms with van der Waals surface area (Å²) in [6.45, 7) is 0. The number of alkyl halides is 2. The molecule has 0 spiro atoms. The molecule has 0 radical (unpaired) electrons. The Kier molecular flexibility index (Phi) is 3.90. The highest BCUT2D eigenvalue weighted by atomic mass is 35.5. The molecule has 0 atom stereocenters. The number of halogens is 3. The summed E-state index contributed by atoms with van der Waals surface area (Å²) in [4.78, 5) is 10.3. The van der Waals surface area contributed by atoms with E-state index in [2.05, 4.69) is 0 Å². The molecule has 0 aromatic heterocycles. The van der Waals surface area contributed by atoms with Gasteiger partial charge in [-0.3, -0.25) is 4.79 Å². The maximum atomic E-state index is 12.4. The smallest absolute Gasteiger partial charge is 0.306 e. The minimum atomic E-state index is -2.62. The largest absolute Gasteiger partial charge is 0.481 e. The summed E-state index contributed by atoms with van der Waals surface area (Å²) in [5.41, 5.74) is 0. The molecule has 0 unspecified atom stereocenters. The molecule has 0 heterocycles. The zero-order valence-corrected chi connectivity index (χ0v) is 7.24. The van der Waals surface area contributed by atoms with Gasteiger partial charge in [0, 0.05) is 12.8 Å². The second-order valence-electron chi connectivity index (χ2n) is 2.97. The second-order valence-corrected chi connectivity index (χ2v) is 2.97. The van der Waals surface area contributed by atoms with E-state index in [1.165, 1.54) is 0 Å². The Morgan fingerprint density at radius 3 is 2.08 bits per heavy atom. The van der Waals surface area contributed by atoms with Crippen molar-refractivity contribution in [1.82, 2.24) is 0 Å².